The molecule has 0 aromatic carbocycles. The van der Waals surface area contributed by atoms with Gasteiger partial charge in [-0.05, 0) is 6.92 Å². The third-order valence-electron chi connectivity index (χ3n) is 6.45. The summed E-state index contributed by atoms with van der Waals surface area (Å²) in [4.78, 5) is 39.2. The van der Waals surface area contributed by atoms with Gasteiger partial charge in [0.2, 0.25) is 17.8 Å². The van der Waals surface area contributed by atoms with Crippen LogP contribution in [-0.4, -0.2) is 116 Å². The molecule has 4 N–H and O–H groups in total. The molecule has 1 amide bonds. The normalized spacial score (nSPS) is 18.2. The van der Waals surface area contributed by atoms with Crippen molar-refractivity contribution in [3.05, 3.63) is 12.4 Å². The Hall–Kier alpha value is -3.88. The van der Waals surface area contributed by atoms with Crippen LogP contribution in [0.25, 0.3) is 22.6 Å². The lowest BCUT2D eigenvalue weighted by atomic mass is 10.2. The van der Waals surface area contributed by atoms with Crippen LogP contribution >= 0.6 is 0 Å². The van der Waals surface area contributed by atoms with Crippen molar-refractivity contribution in [2.75, 3.05) is 61.5 Å². The first kappa shape index (κ1) is 31.1. The zero-order valence-corrected chi connectivity index (χ0v) is 23.4. The second-order valence-electron chi connectivity index (χ2n) is 9.54. The Kier molecular flexibility index (Phi) is 8.99. The average molecular weight is 619 g/mol. The predicted octanol–water partition coefficient (Wildman–Crippen LogP) is 0.669. The second-order valence-corrected chi connectivity index (χ2v) is 10.4. The summed E-state index contributed by atoms with van der Waals surface area (Å²) in [5.74, 6) is 0.696. The number of amides is 1. The van der Waals surface area contributed by atoms with Crippen molar-refractivity contribution in [3.8, 4) is 11.4 Å². The minimum absolute atomic E-state index is 0.0530. The minimum atomic E-state index is -4.67. The zero-order chi connectivity index (χ0) is 30.8. The molecule has 5 heterocycles. The van der Waals surface area contributed by atoms with Crippen LogP contribution in [0.15, 0.2) is 12.4 Å². The number of halogens is 3. The third-order valence-corrected chi connectivity index (χ3v) is 6.45. The number of aromatic nitrogens is 6. The summed E-state index contributed by atoms with van der Waals surface area (Å²) < 4.78 is 79.6. The van der Waals surface area contributed by atoms with Gasteiger partial charge in [0, 0.05) is 58.1 Å². The number of nitrogen functional groups attached to an aromatic ring is 1. The SMILES string of the molecule is CC(=O)N1CCN(c2nc3c(N4CCOCC4)nc(-c4cnc(N)nc4)nc3n2CC(F)(F)F)C[C@@H]1C.O=S(=O)(O)O. The number of alkyl halides is 3. The Bertz CT molecular complexity index is 1520. The molecule has 0 radical (unpaired) electrons. The maximum absolute atomic E-state index is 13.8. The first-order valence-electron chi connectivity index (χ1n) is 12.6. The number of imidazole rings is 1. The van der Waals surface area contributed by atoms with E-state index in [2.05, 4.69) is 24.9 Å². The number of hydrogen-bond donors (Lipinski definition) is 3. The summed E-state index contributed by atoms with van der Waals surface area (Å²) in [6.07, 6.45) is -1.66. The number of nitrogens with zero attached hydrogens (tertiary/aromatic N) is 9. The van der Waals surface area contributed by atoms with Gasteiger partial charge < -0.3 is 25.2 Å². The Morgan fingerprint density at radius 3 is 2.24 bits per heavy atom. The zero-order valence-electron chi connectivity index (χ0n) is 22.6. The number of carbonyl (C=O) groups is 1. The van der Waals surface area contributed by atoms with Crippen LogP contribution < -0.4 is 15.5 Å². The summed E-state index contributed by atoms with van der Waals surface area (Å²) in [5.41, 5.74) is 6.34. The largest absolute Gasteiger partial charge is 0.406 e. The van der Waals surface area contributed by atoms with Gasteiger partial charge in [-0.3, -0.25) is 18.5 Å². The summed E-state index contributed by atoms with van der Waals surface area (Å²) in [6.45, 7) is 5.02. The van der Waals surface area contributed by atoms with Gasteiger partial charge in [-0.1, -0.05) is 0 Å². The van der Waals surface area contributed by atoms with Gasteiger partial charge in [0.25, 0.3) is 0 Å². The molecular weight excluding hydrogens is 589 g/mol. The van der Waals surface area contributed by atoms with E-state index in [1.165, 1.54) is 19.3 Å². The predicted molar refractivity (Wildman–Crippen MR) is 143 cm³/mol. The number of ether oxygens (including phenoxy) is 1. The molecule has 230 valence electrons. The van der Waals surface area contributed by atoms with E-state index in [9.17, 15) is 18.0 Å². The van der Waals surface area contributed by atoms with Crippen LogP contribution in [0.1, 0.15) is 13.8 Å². The maximum atomic E-state index is 13.8. The van der Waals surface area contributed by atoms with Gasteiger partial charge in [0.15, 0.2) is 22.8 Å². The number of carbonyl (C=O) groups excluding carboxylic acids is 1. The molecule has 1 atom stereocenters. The van der Waals surface area contributed by atoms with Crippen molar-refractivity contribution < 1.29 is 40.2 Å². The lowest BCUT2D eigenvalue weighted by Crippen LogP contribution is -2.54. The Morgan fingerprint density at radius 1 is 1.07 bits per heavy atom. The molecule has 0 unspecified atom stereocenters. The van der Waals surface area contributed by atoms with Gasteiger partial charge in [-0.2, -0.15) is 21.6 Å². The van der Waals surface area contributed by atoms with Gasteiger partial charge in [0.05, 0.1) is 18.8 Å². The minimum Gasteiger partial charge on any atom is -0.378 e. The van der Waals surface area contributed by atoms with Gasteiger partial charge in [-0.15, -0.1) is 0 Å². The second kappa shape index (κ2) is 12.2. The van der Waals surface area contributed by atoms with E-state index < -0.39 is 23.1 Å². The molecule has 0 saturated carbocycles. The number of rotatable bonds is 4. The topological polar surface area (TPSA) is 206 Å². The highest BCUT2D eigenvalue weighted by molar-refractivity contribution is 7.79. The highest BCUT2D eigenvalue weighted by Crippen LogP contribution is 2.34. The van der Waals surface area contributed by atoms with Gasteiger partial charge >= 0.3 is 16.6 Å². The van der Waals surface area contributed by atoms with Crippen molar-refractivity contribution in [2.24, 2.45) is 0 Å². The van der Waals surface area contributed by atoms with Crippen LogP contribution in [0.4, 0.5) is 30.9 Å². The molecule has 0 bridgehead atoms. The van der Waals surface area contributed by atoms with Crippen molar-refractivity contribution in [2.45, 2.75) is 32.6 Å². The molecule has 5 rings (SSSR count). The molecule has 2 saturated heterocycles. The van der Waals surface area contributed by atoms with Crippen molar-refractivity contribution >= 4 is 45.2 Å². The highest BCUT2D eigenvalue weighted by Gasteiger charge is 2.35. The molecular formula is C22H29F3N10O6S. The Morgan fingerprint density at radius 2 is 1.69 bits per heavy atom. The standard InChI is InChI=1S/C22H27F3N10O2.H2O4S/c1-13-11-33(3-4-34(13)14(2)36)21-29-16-18(32-5-7-37-8-6-32)30-17(15-9-27-20(26)28-10-15)31-19(16)35(21)12-22(23,24)25;1-5(2,3)4/h9-10,13H,3-8,11-12H2,1-2H3,(H2,26,27,28);(H2,1,2,3,4)/t13-;/m0./s1. The van der Waals surface area contributed by atoms with E-state index in [4.69, 9.17) is 28.0 Å². The average Bonchev–Trinajstić information content (AvgIpc) is 3.24. The fourth-order valence-electron chi connectivity index (χ4n) is 4.73. The van der Waals surface area contributed by atoms with E-state index >= 15 is 0 Å². The highest BCUT2D eigenvalue weighted by atomic mass is 32.3. The molecule has 2 fully saturated rings. The molecule has 2 aliphatic heterocycles. The van der Waals surface area contributed by atoms with E-state index in [-0.39, 0.29) is 40.8 Å². The van der Waals surface area contributed by atoms with Gasteiger partial charge in [-0.25, -0.2) is 24.9 Å². The Labute approximate surface area is 237 Å². The maximum Gasteiger partial charge on any atom is 0.406 e. The van der Waals surface area contributed by atoms with Crippen molar-refractivity contribution in [1.82, 2.24) is 34.4 Å². The fraction of sp³-hybridized carbons (Fsp3) is 0.545. The molecule has 16 nitrogen and oxygen atoms in total. The van der Waals surface area contributed by atoms with Crippen LogP contribution in [0.2, 0.25) is 0 Å². The van der Waals surface area contributed by atoms with E-state index in [0.29, 0.717) is 57.3 Å². The molecule has 20 heteroatoms. The number of morpholine rings is 1. The number of piperazine rings is 1. The van der Waals surface area contributed by atoms with Crippen molar-refractivity contribution in [3.63, 3.8) is 0 Å². The number of nitrogens with two attached hydrogens (primary N) is 1. The first-order valence-corrected chi connectivity index (χ1v) is 14.0. The van der Waals surface area contributed by atoms with Gasteiger partial charge in [0.1, 0.15) is 6.54 Å². The quantitative estimate of drug-likeness (QED) is 0.344. The van der Waals surface area contributed by atoms with Crippen LogP contribution in [-0.2, 0) is 26.5 Å². The smallest absolute Gasteiger partial charge is 0.378 e. The monoisotopic (exact) mass is 618 g/mol. The van der Waals surface area contributed by atoms with E-state index in [0.717, 1.165) is 4.57 Å². The molecule has 2 aliphatic rings. The van der Waals surface area contributed by atoms with Crippen LogP contribution in [0.3, 0.4) is 0 Å². The molecule has 3 aromatic heterocycles. The Balaban J connectivity index is 0.000000748. The summed E-state index contributed by atoms with van der Waals surface area (Å²) in [6, 6.07) is -0.197. The van der Waals surface area contributed by atoms with Crippen LogP contribution in [0.5, 0.6) is 0 Å². The number of hydrogen-bond acceptors (Lipinski definition) is 12. The first-order chi connectivity index (χ1) is 19.6. The number of fused-ring (bicyclic) bond motifs is 1. The third kappa shape index (κ3) is 7.69. The molecule has 42 heavy (non-hydrogen) atoms. The fourth-order valence-corrected chi connectivity index (χ4v) is 4.73. The van der Waals surface area contributed by atoms with E-state index in [1.807, 2.05) is 11.8 Å². The lowest BCUT2D eigenvalue weighted by Gasteiger charge is -2.40. The van der Waals surface area contributed by atoms with Crippen molar-refractivity contribution in [1.29, 1.82) is 0 Å². The lowest BCUT2D eigenvalue weighted by molar-refractivity contribution is -0.139. The summed E-state index contributed by atoms with van der Waals surface area (Å²) in [7, 11) is -4.67. The van der Waals surface area contributed by atoms with E-state index in [1.54, 1.807) is 9.80 Å². The summed E-state index contributed by atoms with van der Waals surface area (Å²) in [5, 5.41) is 0. The molecule has 0 aliphatic carbocycles. The molecule has 3 aromatic rings. The molecule has 0 spiro atoms. The number of anilines is 3. The summed E-state index contributed by atoms with van der Waals surface area (Å²) >= 11 is 0. The van der Waals surface area contributed by atoms with Crippen LogP contribution in [0, 0.1) is 0 Å².